The molecular formula is C15H19NO3. The van der Waals surface area contributed by atoms with Gasteiger partial charge in [-0.25, -0.2) is 9.90 Å². The minimum absolute atomic E-state index is 0.172. The number of hydroxylamine groups is 2. The Bertz CT molecular complexity index is 413. The molecule has 1 aromatic rings. The first-order valence-corrected chi connectivity index (χ1v) is 6.57. The molecule has 1 fully saturated rings. The lowest BCUT2D eigenvalue weighted by Crippen LogP contribution is -2.37. The summed E-state index contributed by atoms with van der Waals surface area (Å²) in [5, 5.41) is 1.32. The summed E-state index contributed by atoms with van der Waals surface area (Å²) < 4.78 is 5.49. The van der Waals surface area contributed by atoms with Gasteiger partial charge in [0.1, 0.15) is 0 Å². The largest absolute Gasteiger partial charge is 0.350 e. The summed E-state index contributed by atoms with van der Waals surface area (Å²) in [5.74, 6) is -0.172. The Morgan fingerprint density at radius 3 is 2.84 bits per heavy atom. The molecule has 2 rings (SSSR count). The summed E-state index contributed by atoms with van der Waals surface area (Å²) in [4.78, 5) is 17.9. The molecule has 102 valence electrons. The zero-order chi connectivity index (χ0) is 13.5. The van der Waals surface area contributed by atoms with Crippen molar-refractivity contribution in [2.75, 3.05) is 13.2 Å². The minimum Gasteiger partial charge on any atom is -0.350 e. The number of carbonyl (C=O) groups excluding carboxylic acids is 1. The number of rotatable bonds is 5. The molecule has 1 aliphatic rings. The normalized spacial score (nSPS) is 18.8. The van der Waals surface area contributed by atoms with Crippen molar-refractivity contribution in [1.29, 1.82) is 0 Å². The lowest BCUT2D eigenvalue weighted by molar-refractivity contribution is -0.263. The molecule has 0 saturated carbocycles. The molecule has 0 aromatic heterocycles. The monoisotopic (exact) mass is 261 g/mol. The van der Waals surface area contributed by atoms with Gasteiger partial charge in [0.05, 0.1) is 6.54 Å². The predicted octanol–water partition coefficient (Wildman–Crippen LogP) is 2.77. The molecule has 1 atom stereocenters. The minimum atomic E-state index is -0.332. The molecule has 1 unspecified atom stereocenters. The summed E-state index contributed by atoms with van der Waals surface area (Å²) in [5.41, 5.74) is 0.597. The molecule has 1 aromatic carbocycles. The third kappa shape index (κ3) is 3.91. The quantitative estimate of drug-likeness (QED) is 0.604. The van der Waals surface area contributed by atoms with Gasteiger partial charge in [0.2, 0.25) is 0 Å². The van der Waals surface area contributed by atoms with Gasteiger partial charge in [-0.05, 0) is 25.0 Å². The van der Waals surface area contributed by atoms with Crippen molar-refractivity contribution in [3.63, 3.8) is 0 Å². The Labute approximate surface area is 113 Å². The summed E-state index contributed by atoms with van der Waals surface area (Å²) in [6.45, 7) is 4.68. The molecule has 0 radical (unpaired) electrons. The van der Waals surface area contributed by atoms with Crippen LogP contribution in [0, 0.1) is 0 Å². The number of hydrogen-bond donors (Lipinski definition) is 0. The number of benzene rings is 1. The zero-order valence-electron chi connectivity index (χ0n) is 11.0. The topological polar surface area (TPSA) is 38.8 Å². The SMILES string of the molecule is C=CCN(OC1CCCCO1)C(=O)c1ccccc1. The van der Waals surface area contributed by atoms with E-state index in [0.29, 0.717) is 18.7 Å². The van der Waals surface area contributed by atoms with E-state index in [1.165, 1.54) is 5.06 Å². The van der Waals surface area contributed by atoms with Crippen molar-refractivity contribution in [1.82, 2.24) is 5.06 Å². The van der Waals surface area contributed by atoms with E-state index in [0.717, 1.165) is 19.3 Å². The summed E-state index contributed by atoms with van der Waals surface area (Å²) in [6, 6.07) is 9.07. The molecular weight excluding hydrogens is 242 g/mol. The molecule has 19 heavy (non-hydrogen) atoms. The molecule has 0 aliphatic carbocycles. The molecule has 0 bridgehead atoms. The molecule has 0 N–H and O–H groups in total. The molecule has 1 amide bonds. The second-order valence-electron chi connectivity index (χ2n) is 4.42. The van der Waals surface area contributed by atoms with Gasteiger partial charge >= 0.3 is 0 Å². The van der Waals surface area contributed by atoms with Crippen molar-refractivity contribution in [3.05, 3.63) is 48.6 Å². The first-order chi connectivity index (χ1) is 9.31. The highest BCUT2D eigenvalue weighted by Gasteiger charge is 2.22. The van der Waals surface area contributed by atoms with Crippen LogP contribution in [-0.4, -0.2) is 30.4 Å². The number of nitrogens with zero attached hydrogens (tertiary/aromatic N) is 1. The molecule has 1 aliphatic heterocycles. The average Bonchev–Trinajstić information content (AvgIpc) is 2.48. The van der Waals surface area contributed by atoms with Gasteiger partial charge in [-0.15, -0.1) is 6.58 Å². The Kier molecular flexibility index (Phi) is 5.12. The second kappa shape index (κ2) is 7.07. The third-order valence-electron chi connectivity index (χ3n) is 2.92. The fourth-order valence-corrected chi connectivity index (χ4v) is 1.95. The number of hydrogen-bond acceptors (Lipinski definition) is 3. The van der Waals surface area contributed by atoms with E-state index in [2.05, 4.69) is 6.58 Å². The maximum absolute atomic E-state index is 12.3. The van der Waals surface area contributed by atoms with Crippen molar-refractivity contribution < 1.29 is 14.4 Å². The van der Waals surface area contributed by atoms with Crippen molar-refractivity contribution in [2.45, 2.75) is 25.6 Å². The van der Waals surface area contributed by atoms with Crippen LogP contribution in [-0.2, 0) is 9.57 Å². The standard InChI is InChI=1S/C15H19NO3/c1-2-11-16(19-14-10-6-7-12-18-14)15(17)13-8-4-3-5-9-13/h2-5,8-9,14H,1,6-7,10-12H2. The lowest BCUT2D eigenvalue weighted by atomic mass is 10.2. The smallest absolute Gasteiger partial charge is 0.277 e. The zero-order valence-corrected chi connectivity index (χ0v) is 11.0. The third-order valence-corrected chi connectivity index (χ3v) is 2.92. The Hall–Kier alpha value is -1.65. The highest BCUT2D eigenvalue weighted by Crippen LogP contribution is 2.16. The molecule has 4 nitrogen and oxygen atoms in total. The van der Waals surface area contributed by atoms with E-state index < -0.39 is 0 Å². The van der Waals surface area contributed by atoms with Gasteiger partial charge in [-0.3, -0.25) is 4.79 Å². The maximum Gasteiger partial charge on any atom is 0.277 e. The van der Waals surface area contributed by atoms with Gasteiger partial charge in [-0.1, -0.05) is 24.3 Å². The summed E-state index contributed by atoms with van der Waals surface area (Å²) in [6.07, 6.45) is 4.24. The van der Waals surface area contributed by atoms with Crippen LogP contribution in [0.4, 0.5) is 0 Å². The molecule has 1 saturated heterocycles. The summed E-state index contributed by atoms with van der Waals surface area (Å²) in [7, 11) is 0. The van der Waals surface area contributed by atoms with Crippen LogP contribution in [0.25, 0.3) is 0 Å². The first kappa shape index (κ1) is 13.8. The Morgan fingerprint density at radius 1 is 1.42 bits per heavy atom. The van der Waals surface area contributed by atoms with E-state index in [4.69, 9.17) is 9.57 Å². The van der Waals surface area contributed by atoms with Crippen LogP contribution in [0.15, 0.2) is 43.0 Å². The number of ether oxygens (including phenoxy) is 1. The number of carbonyl (C=O) groups is 1. The van der Waals surface area contributed by atoms with E-state index in [9.17, 15) is 4.79 Å². The highest BCUT2D eigenvalue weighted by molar-refractivity contribution is 5.93. The maximum atomic E-state index is 12.3. The van der Waals surface area contributed by atoms with Crippen LogP contribution >= 0.6 is 0 Å². The second-order valence-corrected chi connectivity index (χ2v) is 4.42. The van der Waals surface area contributed by atoms with E-state index in [1.807, 2.05) is 18.2 Å². The van der Waals surface area contributed by atoms with Gasteiger partial charge < -0.3 is 4.74 Å². The molecule has 1 heterocycles. The van der Waals surface area contributed by atoms with Crippen LogP contribution < -0.4 is 0 Å². The number of amides is 1. The Balaban J connectivity index is 2.02. The fourth-order valence-electron chi connectivity index (χ4n) is 1.95. The van der Waals surface area contributed by atoms with Gasteiger partial charge in [0.25, 0.3) is 5.91 Å². The van der Waals surface area contributed by atoms with Crippen molar-refractivity contribution in [3.8, 4) is 0 Å². The predicted molar refractivity (Wildman–Crippen MR) is 72.4 cm³/mol. The van der Waals surface area contributed by atoms with E-state index >= 15 is 0 Å². The van der Waals surface area contributed by atoms with Gasteiger partial charge in [0, 0.05) is 18.6 Å². The van der Waals surface area contributed by atoms with E-state index in [-0.39, 0.29) is 12.2 Å². The van der Waals surface area contributed by atoms with E-state index in [1.54, 1.807) is 18.2 Å². The van der Waals surface area contributed by atoms with Crippen molar-refractivity contribution in [2.24, 2.45) is 0 Å². The van der Waals surface area contributed by atoms with Crippen LogP contribution in [0.3, 0.4) is 0 Å². The highest BCUT2D eigenvalue weighted by atomic mass is 16.8. The van der Waals surface area contributed by atoms with Gasteiger partial charge in [-0.2, -0.15) is 0 Å². The lowest BCUT2D eigenvalue weighted by Gasteiger charge is -2.28. The van der Waals surface area contributed by atoms with Crippen LogP contribution in [0.5, 0.6) is 0 Å². The van der Waals surface area contributed by atoms with Crippen LogP contribution in [0.2, 0.25) is 0 Å². The fraction of sp³-hybridized carbons (Fsp3) is 0.400. The molecule has 0 spiro atoms. The van der Waals surface area contributed by atoms with Gasteiger partial charge in [0.15, 0.2) is 6.29 Å². The molecule has 4 heteroatoms. The Morgan fingerprint density at radius 2 is 2.21 bits per heavy atom. The average molecular weight is 261 g/mol. The van der Waals surface area contributed by atoms with Crippen molar-refractivity contribution >= 4 is 5.91 Å². The first-order valence-electron chi connectivity index (χ1n) is 6.57. The summed E-state index contributed by atoms with van der Waals surface area (Å²) >= 11 is 0. The van der Waals surface area contributed by atoms with Crippen LogP contribution in [0.1, 0.15) is 29.6 Å².